The van der Waals surface area contributed by atoms with Crippen LogP contribution in [0.4, 0.5) is 4.79 Å². The molecule has 2 unspecified atom stereocenters. The molecule has 0 bridgehead atoms. The predicted octanol–water partition coefficient (Wildman–Crippen LogP) is 2.21. The fraction of sp³-hybridized carbons (Fsp3) is 0.533. The Bertz CT molecular complexity index is 435. The van der Waals surface area contributed by atoms with Crippen molar-refractivity contribution in [3.63, 3.8) is 0 Å². The maximum absolute atomic E-state index is 11.7. The molecule has 5 nitrogen and oxygen atoms in total. The molecule has 1 aromatic carbocycles. The van der Waals surface area contributed by atoms with Gasteiger partial charge in [-0.2, -0.15) is 0 Å². The van der Waals surface area contributed by atoms with E-state index in [-0.39, 0.29) is 30.8 Å². The minimum Gasteiger partial charge on any atom is -0.491 e. The lowest BCUT2D eigenvalue weighted by Crippen LogP contribution is -2.43. The molecule has 5 heteroatoms. The minimum absolute atomic E-state index is 0.0838. The second-order valence-electron chi connectivity index (χ2n) is 5.16. The van der Waals surface area contributed by atoms with Crippen LogP contribution in [-0.2, 0) is 0 Å². The molecule has 0 aliphatic heterocycles. The van der Waals surface area contributed by atoms with Crippen molar-refractivity contribution in [3.05, 3.63) is 29.8 Å². The number of benzene rings is 1. The smallest absolute Gasteiger partial charge is 0.315 e. The molecule has 0 heterocycles. The Morgan fingerprint density at radius 1 is 1.25 bits per heavy atom. The van der Waals surface area contributed by atoms with E-state index in [4.69, 9.17) is 9.84 Å². The molecular formula is C15H24N2O3. The average molecular weight is 280 g/mol. The number of carbonyl (C=O) groups excluding carboxylic acids is 1. The van der Waals surface area contributed by atoms with Crippen LogP contribution in [0.1, 0.15) is 39.3 Å². The molecule has 0 radical (unpaired) electrons. The predicted molar refractivity (Wildman–Crippen MR) is 78.8 cm³/mol. The Kier molecular flexibility index (Phi) is 6.31. The highest BCUT2D eigenvalue weighted by molar-refractivity contribution is 5.74. The van der Waals surface area contributed by atoms with Gasteiger partial charge in [0.15, 0.2) is 0 Å². The molecule has 20 heavy (non-hydrogen) atoms. The number of amides is 2. The summed E-state index contributed by atoms with van der Waals surface area (Å²) in [5.41, 5.74) is 0.968. The molecule has 0 saturated heterocycles. The highest BCUT2D eigenvalue weighted by Crippen LogP contribution is 2.19. The first-order valence-corrected chi connectivity index (χ1v) is 6.87. The van der Waals surface area contributed by atoms with E-state index < -0.39 is 0 Å². The van der Waals surface area contributed by atoms with Gasteiger partial charge < -0.3 is 20.5 Å². The molecule has 112 valence electrons. The third kappa shape index (κ3) is 5.48. The number of aliphatic hydroxyl groups excluding tert-OH is 1. The van der Waals surface area contributed by atoms with Crippen LogP contribution in [0.25, 0.3) is 0 Å². The largest absolute Gasteiger partial charge is 0.491 e. The normalized spacial score (nSPS) is 13.7. The molecule has 0 saturated carbocycles. The Morgan fingerprint density at radius 2 is 1.95 bits per heavy atom. The van der Waals surface area contributed by atoms with Gasteiger partial charge in [-0.3, -0.25) is 0 Å². The number of rotatable bonds is 6. The van der Waals surface area contributed by atoms with Gasteiger partial charge in [-0.25, -0.2) is 4.79 Å². The van der Waals surface area contributed by atoms with E-state index in [2.05, 4.69) is 10.6 Å². The number of hydrogen-bond acceptors (Lipinski definition) is 3. The maximum atomic E-state index is 11.7. The number of urea groups is 1. The fourth-order valence-electron chi connectivity index (χ4n) is 1.72. The summed E-state index contributed by atoms with van der Waals surface area (Å²) in [5.74, 6) is 0.787. The van der Waals surface area contributed by atoms with Crippen LogP contribution in [-0.4, -0.2) is 29.9 Å². The third-order valence-corrected chi connectivity index (χ3v) is 2.73. The van der Waals surface area contributed by atoms with Crippen molar-refractivity contribution in [1.29, 1.82) is 0 Å². The Labute approximate surface area is 120 Å². The van der Waals surface area contributed by atoms with Crippen LogP contribution in [0.2, 0.25) is 0 Å². The van der Waals surface area contributed by atoms with Crippen LogP contribution in [0.3, 0.4) is 0 Å². The molecular weight excluding hydrogens is 256 g/mol. The summed E-state index contributed by atoms with van der Waals surface area (Å²) in [6.07, 6.45) is 0.113. The fourth-order valence-corrected chi connectivity index (χ4v) is 1.72. The number of carbonyl (C=O) groups is 1. The average Bonchev–Trinajstić information content (AvgIpc) is 2.37. The minimum atomic E-state index is -0.297. The summed E-state index contributed by atoms with van der Waals surface area (Å²) >= 11 is 0. The Morgan fingerprint density at radius 3 is 2.55 bits per heavy atom. The highest BCUT2D eigenvalue weighted by Gasteiger charge is 2.12. The van der Waals surface area contributed by atoms with E-state index in [1.165, 1.54) is 0 Å². The summed E-state index contributed by atoms with van der Waals surface area (Å²) < 4.78 is 5.63. The van der Waals surface area contributed by atoms with Crippen molar-refractivity contribution in [2.45, 2.75) is 45.9 Å². The van der Waals surface area contributed by atoms with Crippen LogP contribution in [0, 0.1) is 0 Å². The van der Waals surface area contributed by atoms with Crippen molar-refractivity contribution in [2.75, 3.05) is 6.61 Å². The van der Waals surface area contributed by atoms with E-state index in [1.54, 1.807) is 6.92 Å². The van der Waals surface area contributed by atoms with E-state index in [1.807, 2.05) is 45.0 Å². The van der Waals surface area contributed by atoms with Gasteiger partial charge >= 0.3 is 6.03 Å². The van der Waals surface area contributed by atoms with Gasteiger partial charge in [-0.05, 0) is 45.4 Å². The molecule has 2 amide bonds. The zero-order valence-corrected chi connectivity index (χ0v) is 12.5. The van der Waals surface area contributed by atoms with E-state index >= 15 is 0 Å². The van der Waals surface area contributed by atoms with Gasteiger partial charge in [0.2, 0.25) is 0 Å². The quantitative estimate of drug-likeness (QED) is 0.748. The summed E-state index contributed by atoms with van der Waals surface area (Å²) in [5, 5.41) is 14.4. The molecule has 2 atom stereocenters. The monoisotopic (exact) mass is 280 g/mol. The molecule has 0 aliphatic carbocycles. The summed E-state index contributed by atoms with van der Waals surface area (Å²) in [6.45, 7) is 7.49. The standard InChI is InChI=1S/C15H24N2O3/c1-10(2)20-14-7-5-6-13(8-14)12(4)17-15(19)16-11(3)9-18/h5-8,10-12,18H,9H2,1-4H3,(H2,16,17,19). The van der Waals surface area contributed by atoms with Crippen molar-refractivity contribution >= 4 is 6.03 Å². The molecule has 0 fully saturated rings. The van der Waals surface area contributed by atoms with Gasteiger partial charge in [0.25, 0.3) is 0 Å². The molecule has 0 aliphatic rings. The van der Waals surface area contributed by atoms with Crippen molar-refractivity contribution in [1.82, 2.24) is 10.6 Å². The Hall–Kier alpha value is -1.75. The van der Waals surface area contributed by atoms with Crippen molar-refractivity contribution in [2.24, 2.45) is 0 Å². The number of aliphatic hydroxyl groups is 1. The molecule has 0 aromatic heterocycles. The zero-order valence-electron chi connectivity index (χ0n) is 12.5. The zero-order chi connectivity index (χ0) is 15.1. The van der Waals surface area contributed by atoms with Crippen LogP contribution in [0.15, 0.2) is 24.3 Å². The van der Waals surface area contributed by atoms with Crippen LogP contribution in [0.5, 0.6) is 5.75 Å². The topological polar surface area (TPSA) is 70.6 Å². The highest BCUT2D eigenvalue weighted by atomic mass is 16.5. The van der Waals surface area contributed by atoms with Gasteiger partial charge in [0, 0.05) is 0 Å². The van der Waals surface area contributed by atoms with Gasteiger partial charge in [0.05, 0.1) is 24.8 Å². The number of hydrogen-bond donors (Lipinski definition) is 3. The molecule has 0 spiro atoms. The lowest BCUT2D eigenvalue weighted by Gasteiger charge is -2.18. The number of ether oxygens (including phenoxy) is 1. The summed E-state index contributed by atoms with van der Waals surface area (Å²) in [4.78, 5) is 11.7. The van der Waals surface area contributed by atoms with Crippen LogP contribution >= 0.6 is 0 Å². The van der Waals surface area contributed by atoms with Crippen LogP contribution < -0.4 is 15.4 Å². The van der Waals surface area contributed by atoms with Crippen molar-refractivity contribution in [3.8, 4) is 5.75 Å². The lowest BCUT2D eigenvalue weighted by atomic mass is 10.1. The lowest BCUT2D eigenvalue weighted by molar-refractivity contribution is 0.218. The van der Waals surface area contributed by atoms with E-state index in [0.29, 0.717) is 0 Å². The van der Waals surface area contributed by atoms with E-state index in [0.717, 1.165) is 11.3 Å². The molecule has 1 rings (SSSR count). The van der Waals surface area contributed by atoms with Gasteiger partial charge in [-0.1, -0.05) is 12.1 Å². The first-order chi connectivity index (χ1) is 9.42. The van der Waals surface area contributed by atoms with Crippen molar-refractivity contribution < 1.29 is 14.6 Å². The SMILES string of the molecule is CC(CO)NC(=O)NC(C)c1cccc(OC(C)C)c1. The van der Waals surface area contributed by atoms with Gasteiger partial charge in [0.1, 0.15) is 5.75 Å². The van der Waals surface area contributed by atoms with Gasteiger partial charge in [-0.15, -0.1) is 0 Å². The second kappa shape index (κ2) is 7.75. The molecule has 3 N–H and O–H groups in total. The second-order valence-corrected chi connectivity index (χ2v) is 5.16. The summed E-state index contributed by atoms with van der Waals surface area (Å²) in [6, 6.07) is 6.95. The summed E-state index contributed by atoms with van der Waals surface area (Å²) in [7, 11) is 0. The third-order valence-electron chi connectivity index (χ3n) is 2.73. The number of nitrogens with one attached hydrogen (secondary N) is 2. The maximum Gasteiger partial charge on any atom is 0.315 e. The first kappa shape index (κ1) is 16.3. The Balaban J connectivity index is 2.62. The first-order valence-electron chi connectivity index (χ1n) is 6.87. The van der Waals surface area contributed by atoms with E-state index in [9.17, 15) is 4.79 Å². The molecule has 1 aromatic rings.